The van der Waals surface area contributed by atoms with Crippen LogP contribution in [0.15, 0.2) is 48.8 Å². The van der Waals surface area contributed by atoms with Crippen LogP contribution in [0.1, 0.15) is 15.2 Å². The number of aromatic nitrogens is 1. The van der Waals surface area contributed by atoms with E-state index in [9.17, 15) is 9.59 Å². The zero-order valence-electron chi connectivity index (χ0n) is 15.7. The van der Waals surface area contributed by atoms with Gasteiger partial charge in [0.2, 0.25) is 5.91 Å². The lowest BCUT2D eigenvalue weighted by molar-refractivity contribution is -0.115. The summed E-state index contributed by atoms with van der Waals surface area (Å²) in [5.41, 5.74) is 1.61. The summed E-state index contributed by atoms with van der Waals surface area (Å²) in [6, 6.07) is 11.4. The van der Waals surface area contributed by atoms with Crippen LogP contribution in [0.25, 0.3) is 10.1 Å². The summed E-state index contributed by atoms with van der Waals surface area (Å²) in [6.07, 6.45) is 3.66. The number of piperazine rings is 1. The van der Waals surface area contributed by atoms with Gasteiger partial charge in [-0.25, -0.2) is 0 Å². The van der Waals surface area contributed by atoms with E-state index in [2.05, 4.69) is 22.2 Å². The number of anilines is 1. The zero-order chi connectivity index (χ0) is 19.5. The molecule has 28 heavy (non-hydrogen) atoms. The maximum atomic E-state index is 12.8. The fourth-order valence-corrected chi connectivity index (χ4v) is 4.30. The molecule has 1 saturated heterocycles. The number of likely N-dealkylation sites (N-methyl/N-ethyl adjacent to an activating group) is 1. The molecule has 0 atom stereocenters. The number of pyridine rings is 1. The quantitative estimate of drug-likeness (QED) is 0.739. The van der Waals surface area contributed by atoms with Gasteiger partial charge in [-0.05, 0) is 48.3 Å². The van der Waals surface area contributed by atoms with Crippen LogP contribution in [0.2, 0.25) is 0 Å². The minimum absolute atomic E-state index is 0.0867. The summed E-state index contributed by atoms with van der Waals surface area (Å²) in [6.45, 7) is 3.34. The van der Waals surface area contributed by atoms with Crippen molar-refractivity contribution in [1.29, 1.82) is 0 Å². The smallest absolute Gasteiger partial charge is 0.264 e. The van der Waals surface area contributed by atoms with Crippen molar-refractivity contribution in [3.05, 3.63) is 59.2 Å². The molecular formula is C21H22N4O2S. The van der Waals surface area contributed by atoms with E-state index in [-0.39, 0.29) is 18.2 Å². The highest BCUT2D eigenvalue weighted by Gasteiger charge is 2.22. The number of nitrogens with zero attached hydrogens (tertiary/aromatic N) is 3. The number of nitrogens with one attached hydrogen (secondary N) is 1. The molecular weight excluding hydrogens is 372 g/mol. The van der Waals surface area contributed by atoms with Crippen LogP contribution >= 0.6 is 11.3 Å². The highest BCUT2D eigenvalue weighted by molar-refractivity contribution is 7.20. The Balaban J connectivity index is 1.45. The molecule has 0 saturated carbocycles. The average Bonchev–Trinajstić information content (AvgIpc) is 3.12. The van der Waals surface area contributed by atoms with Crippen LogP contribution in [-0.2, 0) is 11.2 Å². The molecule has 0 unspecified atom stereocenters. The van der Waals surface area contributed by atoms with Gasteiger partial charge in [-0.1, -0.05) is 6.07 Å². The topological polar surface area (TPSA) is 65.5 Å². The number of fused-ring (bicyclic) bond motifs is 1. The minimum atomic E-state index is -0.0867. The third kappa shape index (κ3) is 4.21. The highest BCUT2D eigenvalue weighted by Crippen LogP contribution is 2.29. The van der Waals surface area contributed by atoms with Gasteiger partial charge in [0.05, 0.1) is 11.3 Å². The minimum Gasteiger partial charge on any atom is -0.335 e. The lowest BCUT2D eigenvalue weighted by Gasteiger charge is -2.32. The average molecular weight is 395 g/mol. The van der Waals surface area contributed by atoms with Gasteiger partial charge in [-0.3, -0.25) is 14.6 Å². The SMILES string of the molecule is CN1CCN(C(=O)c2cc3cc(NC(=O)Cc4cccnc4)ccc3s2)CC1. The largest absolute Gasteiger partial charge is 0.335 e. The Kier molecular flexibility index (Phi) is 5.36. The molecule has 7 heteroatoms. The number of thiophene rings is 1. The molecule has 0 bridgehead atoms. The fourth-order valence-electron chi connectivity index (χ4n) is 3.29. The van der Waals surface area contributed by atoms with Crippen LogP contribution in [0.4, 0.5) is 5.69 Å². The monoisotopic (exact) mass is 394 g/mol. The second-order valence-corrected chi connectivity index (χ2v) is 8.13. The molecule has 1 N–H and O–H groups in total. The molecule has 144 valence electrons. The maximum Gasteiger partial charge on any atom is 0.264 e. The van der Waals surface area contributed by atoms with Crippen LogP contribution < -0.4 is 5.32 Å². The van der Waals surface area contributed by atoms with Gasteiger partial charge in [-0.2, -0.15) is 0 Å². The highest BCUT2D eigenvalue weighted by atomic mass is 32.1. The van der Waals surface area contributed by atoms with Gasteiger partial charge in [-0.15, -0.1) is 11.3 Å². The summed E-state index contributed by atoms with van der Waals surface area (Å²) >= 11 is 1.50. The zero-order valence-corrected chi connectivity index (χ0v) is 16.5. The van der Waals surface area contributed by atoms with Crippen molar-refractivity contribution >= 4 is 38.9 Å². The van der Waals surface area contributed by atoms with Crippen LogP contribution in [0.3, 0.4) is 0 Å². The Morgan fingerprint density at radius 3 is 2.71 bits per heavy atom. The van der Waals surface area contributed by atoms with E-state index < -0.39 is 0 Å². The van der Waals surface area contributed by atoms with Gasteiger partial charge in [0.1, 0.15) is 0 Å². The molecule has 6 nitrogen and oxygen atoms in total. The lowest BCUT2D eigenvalue weighted by atomic mass is 10.2. The summed E-state index contributed by atoms with van der Waals surface area (Å²) in [5.74, 6) is 0.00720. The molecule has 1 aliphatic heterocycles. The predicted molar refractivity (Wildman–Crippen MR) is 112 cm³/mol. The van der Waals surface area contributed by atoms with E-state index in [0.717, 1.165) is 52.4 Å². The Morgan fingerprint density at radius 1 is 1.14 bits per heavy atom. The summed E-state index contributed by atoms with van der Waals surface area (Å²) < 4.78 is 1.04. The molecule has 2 aromatic heterocycles. The van der Waals surface area contributed by atoms with Gasteiger partial charge in [0.25, 0.3) is 5.91 Å². The number of hydrogen-bond acceptors (Lipinski definition) is 5. The van der Waals surface area contributed by atoms with E-state index in [4.69, 9.17) is 0 Å². The summed E-state index contributed by atoms with van der Waals surface area (Å²) in [5, 5.41) is 3.90. The van der Waals surface area contributed by atoms with Crippen molar-refractivity contribution < 1.29 is 9.59 Å². The number of carbonyl (C=O) groups excluding carboxylic acids is 2. The molecule has 1 aromatic carbocycles. The van der Waals surface area contributed by atoms with Crippen molar-refractivity contribution in [1.82, 2.24) is 14.8 Å². The Hall–Kier alpha value is -2.77. The Morgan fingerprint density at radius 2 is 1.96 bits per heavy atom. The number of hydrogen-bond donors (Lipinski definition) is 1. The van der Waals surface area contributed by atoms with Crippen molar-refractivity contribution in [2.45, 2.75) is 6.42 Å². The first-order chi connectivity index (χ1) is 13.6. The third-order valence-electron chi connectivity index (χ3n) is 4.89. The molecule has 0 radical (unpaired) electrons. The standard InChI is InChI=1S/C21H22N4O2S/c1-24-7-9-25(10-8-24)21(27)19-13-16-12-17(4-5-18(16)28-19)23-20(26)11-15-3-2-6-22-14-15/h2-6,12-14H,7-11H2,1H3,(H,23,26). The molecule has 1 fully saturated rings. The van der Waals surface area contributed by atoms with Gasteiger partial charge in [0, 0.05) is 49.0 Å². The third-order valence-corrected chi connectivity index (χ3v) is 5.99. The lowest BCUT2D eigenvalue weighted by Crippen LogP contribution is -2.46. The van der Waals surface area contributed by atoms with Crippen molar-refractivity contribution in [2.75, 3.05) is 38.5 Å². The van der Waals surface area contributed by atoms with Gasteiger partial charge in [0.15, 0.2) is 0 Å². The Labute approximate surface area is 167 Å². The molecule has 4 rings (SSSR count). The number of amides is 2. The van der Waals surface area contributed by atoms with Crippen molar-refractivity contribution in [3.8, 4) is 0 Å². The van der Waals surface area contributed by atoms with Crippen molar-refractivity contribution in [2.24, 2.45) is 0 Å². The molecule has 0 aliphatic carbocycles. The van der Waals surface area contributed by atoms with E-state index in [1.165, 1.54) is 11.3 Å². The first-order valence-electron chi connectivity index (χ1n) is 9.29. The molecule has 0 spiro atoms. The second-order valence-electron chi connectivity index (χ2n) is 7.04. The van der Waals surface area contributed by atoms with Crippen LogP contribution in [0.5, 0.6) is 0 Å². The summed E-state index contributed by atoms with van der Waals surface area (Å²) in [7, 11) is 2.07. The van der Waals surface area contributed by atoms with E-state index in [1.807, 2.05) is 41.3 Å². The van der Waals surface area contributed by atoms with E-state index >= 15 is 0 Å². The van der Waals surface area contributed by atoms with Crippen molar-refractivity contribution in [3.63, 3.8) is 0 Å². The predicted octanol–water partition coefficient (Wildman–Crippen LogP) is 2.87. The first-order valence-corrected chi connectivity index (χ1v) is 10.1. The number of carbonyl (C=O) groups is 2. The molecule has 1 aliphatic rings. The Bertz CT molecular complexity index is 994. The first kappa shape index (κ1) is 18.6. The summed E-state index contributed by atoms with van der Waals surface area (Å²) in [4.78, 5) is 34.0. The second kappa shape index (κ2) is 8.08. The van der Waals surface area contributed by atoms with Crippen LogP contribution in [0, 0.1) is 0 Å². The van der Waals surface area contributed by atoms with Gasteiger partial charge < -0.3 is 15.1 Å². The number of rotatable bonds is 4. The van der Waals surface area contributed by atoms with E-state index in [0.29, 0.717) is 0 Å². The molecule has 3 heterocycles. The number of benzene rings is 1. The van der Waals surface area contributed by atoms with Gasteiger partial charge >= 0.3 is 0 Å². The fraction of sp³-hybridized carbons (Fsp3) is 0.286. The maximum absolute atomic E-state index is 12.8. The normalized spacial score (nSPS) is 15.0. The van der Waals surface area contributed by atoms with E-state index in [1.54, 1.807) is 12.4 Å². The molecule has 3 aromatic rings. The van der Waals surface area contributed by atoms with Crippen LogP contribution in [-0.4, -0.2) is 59.8 Å². The molecule has 2 amide bonds.